The number of nitrogens with two attached hydrogens (primary N) is 1. The summed E-state index contributed by atoms with van der Waals surface area (Å²) in [6.45, 7) is 1.80. The SMILES string of the molecule is COc1cc(N)ccc1NC(=O)C(C)Sc1cnccn1. The van der Waals surface area contributed by atoms with Gasteiger partial charge >= 0.3 is 0 Å². The van der Waals surface area contributed by atoms with E-state index in [0.717, 1.165) is 0 Å². The number of ether oxygens (including phenoxy) is 1. The maximum absolute atomic E-state index is 12.2. The highest BCUT2D eigenvalue weighted by atomic mass is 32.2. The van der Waals surface area contributed by atoms with E-state index >= 15 is 0 Å². The van der Waals surface area contributed by atoms with Gasteiger partial charge in [-0.2, -0.15) is 0 Å². The van der Waals surface area contributed by atoms with Crippen molar-refractivity contribution < 1.29 is 9.53 Å². The predicted molar refractivity (Wildman–Crippen MR) is 83.4 cm³/mol. The van der Waals surface area contributed by atoms with Gasteiger partial charge in [0.25, 0.3) is 0 Å². The summed E-state index contributed by atoms with van der Waals surface area (Å²) in [4.78, 5) is 20.3. The van der Waals surface area contributed by atoms with Gasteiger partial charge in [0.15, 0.2) is 0 Å². The highest BCUT2D eigenvalue weighted by molar-refractivity contribution is 8.00. The van der Waals surface area contributed by atoms with Crippen molar-refractivity contribution in [3.63, 3.8) is 0 Å². The Kier molecular flexibility index (Phi) is 4.99. The number of amides is 1. The molecule has 21 heavy (non-hydrogen) atoms. The molecule has 0 aliphatic heterocycles. The second-order valence-electron chi connectivity index (χ2n) is 4.25. The second kappa shape index (κ2) is 6.94. The third-order valence-corrected chi connectivity index (χ3v) is 3.71. The van der Waals surface area contributed by atoms with Crippen molar-refractivity contribution in [3.8, 4) is 5.75 Å². The van der Waals surface area contributed by atoms with E-state index in [0.29, 0.717) is 22.2 Å². The Bertz CT molecular complexity index is 622. The van der Waals surface area contributed by atoms with Crippen molar-refractivity contribution in [2.24, 2.45) is 0 Å². The standard InChI is InChI=1S/C14H16N4O2S/c1-9(21-13-8-16-5-6-17-13)14(19)18-11-4-3-10(15)7-12(11)20-2/h3-9H,15H2,1-2H3,(H,18,19). The summed E-state index contributed by atoms with van der Waals surface area (Å²) in [5, 5.41) is 3.20. The van der Waals surface area contributed by atoms with Crippen molar-refractivity contribution in [2.45, 2.75) is 17.2 Å². The second-order valence-corrected chi connectivity index (χ2v) is 5.61. The van der Waals surface area contributed by atoms with Gasteiger partial charge in [-0.3, -0.25) is 9.78 Å². The molecule has 0 aliphatic rings. The third kappa shape index (κ3) is 4.09. The minimum absolute atomic E-state index is 0.145. The molecule has 3 N–H and O–H groups in total. The summed E-state index contributed by atoms with van der Waals surface area (Å²) >= 11 is 1.34. The van der Waals surface area contributed by atoms with Crippen molar-refractivity contribution in [3.05, 3.63) is 36.8 Å². The van der Waals surface area contributed by atoms with Crippen LogP contribution in [0.1, 0.15) is 6.92 Å². The summed E-state index contributed by atoms with van der Waals surface area (Å²) in [5.74, 6) is 0.383. The molecule has 110 valence electrons. The lowest BCUT2D eigenvalue weighted by molar-refractivity contribution is -0.115. The fraction of sp³-hybridized carbons (Fsp3) is 0.214. The number of aromatic nitrogens is 2. The number of nitrogen functional groups attached to an aromatic ring is 1. The third-order valence-electron chi connectivity index (χ3n) is 2.69. The molecule has 7 heteroatoms. The van der Waals surface area contributed by atoms with Gasteiger partial charge in [-0.1, -0.05) is 11.8 Å². The van der Waals surface area contributed by atoms with E-state index < -0.39 is 0 Å². The molecule has 0 saturated carbocycles. The first-order valence-corrected chi connectivity index (χ1v) is 7.15. The lowest BCUT2D eigenvalue weighted by Gasteiger charge is -2.14. The summed E-state index contributed by atoms with van der Waals surface area (Å²) < 4.78 is 5.20. The maximum atomic E-state index is 12.2. The molecule has 1 atom stereocenters. The van der Waals surface area contributed by atoms with E-state index in [-0.39, 0.29) is 11.2 Å². The van der Waals surface area contributed by atoms with Crippen LogP contribution in [0.15, 0.2) is 41.8 Å². The summed E-state index contributed by atoms with van der Waals surface area (Å²) in [5.41, 5.74) is 6.85. The molecule has 0 spiro atoms. The van der Waals surface area contributed by atoms with Gasteiger partial charge in [-0.05, 0) is 19.1 Å². The Morgan fingerprint density at radius 3 is 2.90 bits per heavy atom. The first kappa shape index (κ1) is 15.1. The number of nitrogens with zero attached hydrogens (tertiary/aromatic N) is 2. The number of methoxy groups -OCH3 is 1. The van der Waals surface area contributed by atoms with Gasteiger partial charge in [0, 0.05) is 24.1 Å². The molecule has 0 saturated heterocycles. The molecule has 1 unspecified atom stereocenters. The lowest BCUT2D eigenvalue weighted by atomic mass is 10.2. The van der Waals surface area contributed by atoms with E-state index in [2.05, 4.69) is 15.3 Å². The lowest BCUT2D eigenvalue weighted by Crippen LogP contribution is -2.22. The van der Waals surface area contributed by atoms with Crippen molar-refractivity contribution >= 4 is 29.0 Å². The topological polar surface area (TPSA) is 90.1 Å². The van der Waals surface area contributed by atoms with Gasteiger partial charge in [-0.15, -0.1) is 0 Å². The number of rotatable bonds is 5. The highest BCUT2D eigenvalue weighted by Gasteiger charge is 2.17. The monoisotopic (exact) mass is 304 g/mol. The highest BCUT2D eigenvalue weighted by Crippen LogP contribution is 2.28. The van der Waals surface area contributed by atoms with E-state index in [1.807, 2.05) is 0 Å². The number of benzene rings is 1. The molecule has 1 aromatic heterocycles. The number of thioether (sulfide) groups is 1. The van der Waals surface area contributed by atoms with Crippen molar-refractivity contribution in [1.29, 1.82) is 0 Å². The van der Waals surface area contributed by atoms with Gasteiger partial charge in [0.1, 0.15) is 10.8 Å². The zero-order chi connectivity index (χ0) is 15.2. The Morgan fingerprint density at radius 2 is 2.24 bits per heavy atom. The predicted octanol–water partition coefficient (Wildman–Crippen LogP) is 2.19. The van der Waals surface area contributed by atoms with Crippen LogP contribution in [0.4, 0.5) is 11.4 Å². The molecular weight excluding hydrogens is 288 g/mol. The van der Waals surface area contributed by atoms with Gasteiger partial charge in [0.05, 0.1) is 24.2 Å². The van der Waals surface area contributed by atoms with Gasteiger partial charge in [-0.25, -0.2) is 4.98 Å². The summed E-state index contributed by atoms with van der Waals surface area (Å²) in [7, 11) is 1.53. The molecule has 0 bridgehead atoms. The number of nitrogens with one attached hydrogen (secondary N) is 1. The number of carbonyl (C=O) groups is 1. The van der Waals surface area contributed by atoms with Crippen LogP contribution >= 0.6 is 11.8 Å². The minimum Gasteiger partial charge on any atom is -0.494 e. The molecular formula is C14H16N4O2S. The average molecular weight is 304 g/mol. The average Bonchev–Trinajstić information content (AvgIpc) is 2.49. The summed E-state index contributed by atoms with van der Waals surface area (Å²) in [6.07, 6.45) is 4.81. The Balaban J connectivity index is 2.04. The molecule has 6 nitrogen and oxygen atoms in total. The number of hydrogen-bond donors (Lipinski definition) is 2. The maximum Gasteiger partial charge on any atom is 0.237 e. The fourth-order valence-electron chi connectivity index (χ4n) is 1.63. The van der Waals surface area contributed by atoms with Crippen LogP contribution in [-0.2, 0) is 4.79 Å². The Hall–Kier alpha value is -2.28. The van der Waals surface area contributed by atoms with Crippen molar-refractivity contribution in [1.82, 2.24) is 9.97 Å². The van der Waals surface area contributed by atoms with Crippen LogP contribution in [0.5, 0.6) is 5.75 Å². The molecule has 0 fully saturated rings. The summed E-state index contributed by atoms with van der Waals surface area (Å²) in [6, 6.07) is 5.08. The first-order chi connectivity index (χ1) is 10.1. The molecule has 0 aliphatic carbocycles. The number of carbonyl (C=O) groups excluding carboxylic acids is 1. The molecule has 1 aromatic carbocycles. The molecule has 2 aromatic rings. The van der Waals surface area contributed by atoms with Gasteiger partial charge in [0.2, 0.25) is 5.91 Å². The van der Waals surface area contributed by atoms with Crippen LogP contribution in [-0.4, -0.2) is 28.2 Å². The molecule has 2 rings (SSSR count). The number of hydrogen-bond acceptors (Lipinski definition) is 6. The Morgan fingerprint density at radius 1 is 1.43 bits per heavy atom. The van der Waals surface area contributed by atoms with E-state index in [1.165, 1.54) is 18.9 Å². The van der Waals surface area contributed by atoms with Crippen LogP contribution in [0.3, 0.4) is 0 Å². The molecule has 1 heterocycles. The smallest absolute Gasteiger partial charge is 0.237 e. The first-order valence-electron chi connectivity index (χ1n) is 6.27. The molecule has 1 amide bonds. The van der Waals surface area contributed by atoms with E-state index in [4.69, 9.17) is 10.5 Å². The normalized spacial score (nSPS) is 11.7. The van der Waals surface area contributed by atoms with E-state index in [9.17, 15) is 4.79 Å². The van der Waals surface area contributed by atoms with E-state index in [1.54, 1.807) is 43.7 Å². The van der Waals surface area contributed by atoms with Crippen LogP contribution in [0, 0.1) is 0 Å². The number of anilines is 2. The van der Waals surface area contributed by atoms with Crippen LogP contribution in [0.25, 0.3) is 0 Å². The van der Waals surface area contributed by atoms with Crippen LogP contribution < -0.4 is 15.8 Å². The minimum atomic E-state index is -0.316. The zero-order valence-electron chi connectivity index (χ0n) is 11.7. The fourth-order valence-corrected chi connectivity index (χ4v) is 2.40. The quantitative estimate of drug-likeness (QED) is 0.650. The van der Waals surface area contributed by atoms with Crippen molar-refractivity contribution in [2.75, 3.05) is 18.2 Å². The largest absolute Gasteiger partial charge is 0.494 e. The zero-order valence-corrected chi connectivity index (χ0v) is 12.6. The Labute approximate surface area is 127 Å². The molecule has 0 radical (unpaired) electrons. The van der Waals surface area contributed by atoms with Crippen LogP contribution in [0.2, 0.25) is 0 Å². The van der Waals surface area contributed by atoms with Gasteiger partial charge < -0.3 is 15.8 Å².